The fourth-order valence-electron chi connectivity index (χ4n) is 3.53. The number of aromatic nitrogens is 1. The minimum atomic E-state index is -1.43. The molecule has 1 heterocycles. The van der Waals surface area contributed by atoms with E-state index >= 15 is 0 Å². The predicted molar refractivity (Wildman–Crippen MR) is 148 cm³/mol. The Morgan fingerprint density at radius 2 is 1.59 bits per heavy atom. The first-order valence-electron chi connectivity index (χ1n) is 12.2. The average Bonchev–Trinajstić information content (AvgIpc) is 3.26. The summed E-state index contributed by atoms with van der Waals surface area (Å²) in [5, 5.41) is 29.8. The smallest absolute Gasteiger partial charge is 0.407 e. The zero-order valence-electron chi connectivity index (χ0n) is 22.5. The maximum absolute atomic E-state index is 13.2. The monoisotopic (exact) mass is 592 g/mol. The molecule has 0 fully saturated rings. The number of nitrogens with two attached hydrogens (primary N) is 1. The van der Waals surface area contributed by atoms with Gasteiger partial charge in [-0.25, -0.2) is 14.6 Å². The average molecular weight is 593 g/mol. The molecule has 0 saturated carbocycles. The fraction of sp³-hybridized carbons (Fsp3) is 0.375. The minimum Gasteiger partial charge on any atom is -0.465 e. The van der Waals surface area contributed by atoms with E-state index in [9.17, 15) is 28.8 Å². The van der Waals surface area contributed by atoms with Crippen LogP contribution in [0.1, 0.15) is 40.7 Å². The van der Waals surface area contributed by atoms with Gasteiger partial charge in [-0.05, 0) is 37.0 Å². The van der Waals surface area contributed by atoms with Crippen molar-refractivity contribution in [2.24, 2.45) is 5.73 Å². The van der Waals surface area contributed by atoms with Gasteiger partial charge in [-0.3, -0.25) is 29.8 Å². The van der Waals surface area contributed by atoms with E-state index < -0.39 is 42.2 Å². The molecule has 2 rings (SSSR count). The Hall–Kier alpha value is -4.93. The number of nitrogens with zero attached hydrogens (tertiary/aromatic N) is 2. The molecule has 9 N–H and O–H groups in total. The summed E-state index contributed by atoms with van der Waals surface area (Å²) in [6.45, 7) is 1.30. The van der Waals surface area contributed by atoms with Crippen molar-refractivity contribution < 1.29 is 39.0 Å². The third kappa shape index (κ3) is 11.0. The van der Waals surface area contributed by atoms with Crippen molar-refractivity contribution in [3.8, 4) is 0 Å². The molecule has 6 amide bonds. The van der Waals surface area contributed by atoms with Crippen LogP contribution in [0.25, 0.3) is 0 Å². The van der Waals surface area contributed by atoms with Gasteiger partial charge in [0.1, 0.15) is 10.9 Å². The van der Waals surface area contributed by atoms with Crippen LogP contribution in [-0.2, 0) is 27.2 Å². The molecule has 0 unspecified atom stereocenters. The summed E-state index contributed by atoms with van der Waals surface area (Å²) in [7, 11) is 3.04. The molecule has 17 heteroatoms. The molecule has 1 atom stereocenters. The maximum atomic E-state index is 13.2. The summed E-state index contributed by atoms with van der Waals surface area (Å²) < 4.78 is 0. The molecule has 1 aromatic heterocycles. The zero-order chi connectivity index (χ0) is 30.7. The number of benzene rings is 1. The summed E-state index contributed by atoms with van der Waals surface area (Å²) >= 11 is 0.945. The van der Waals surface area contributed by atoms with Crippen LogP contribution in [0.2, 0.25) is 0 Å². The number of carbonyl (C=O) groups excluding carboxylic acids is 4. The number of hydrogen-bond donors (Lipinski definition) is 8. The SMILES string of the molecule is CC(=O)Nc1nc(CCc2ccc(NC(NC(=O)O)NC(=O)O)cc2)c(C(=O)N[C@@H](CCC(N)=O)C(=O)N(C)C)s1. The molecule has 0 radical (unpaired) electrons. The van der Waals surface area contributed by atoms with Gasteiger partial charge in [0.05, 0.1) is 5.69 Å². The molecule has 2 aromatic rings. The Morgan fingerprint density at radius 1 is 0.976 bits per heavy atom. The van der Waals surface area contributed by atoms with E-state index in [0.29, 0.717) is 17.8 Å². The topological polar surface area (TPSA) is 245 Å². The molecular weight excluding hydrogens is 560 g/mol. The van der Waals surface area contributed by atoms with E-state index in [4.69, 9.17) is 15.9 Å². The number of aryl methyl sites for hydroxylation is 2. The Balaban J connectivity index is 2.19. The molecule has 41 heavy (non-hydrogen) atoms. The number of anilines is 2. The lowest BCUT2D eigenvalue weighted by Crippen LogP contribution is -2.52. The number of hydrogen-bond acceptors (Lipinski definition) is 9. The summed E-state index contributed by atoms with van der Waals surface area (Å²) in [6, 6.07) is 5.67. The van der Waals surface area contributed by atoms with Gasteiger partial charge in [-0.15, -0.1) is 0 Å². The highest BCUT2D eigenvalue weighted by molar-refractivity contribution is 7.17. The summed E-state index contributed by atoms with van der Waals surface area (Å²) in [5.74, 6) is -2.01. The van der Waals surface area contributed by atoms with Crippen molar-refractivity contribution in [1.29, 1.82) is 0 Å². The first-order chi connectivity index (χ1) is 19.2. The molecule has 16 nitrogen and oxygen atoms in total. The number of carboxylic acid groups (broad SMARTS) is 2. The van der Waals surface area contributed by atoms with Crippen molar-refractivity contribution in [2.75, 3.05) is 24.7 Å². The van der Waals surface area contributed by atoms with Gasteiger partial charge >= 0.3 is 12.2 Å². The van der Waals surface area contributed by atoms with E-state index in [1.54, 1.807) is 24.3 Å². The number of rotatable bonds is 14. The maximum Gasteiger partial charge on any atom is 0.407 e. The van der Waals surface area contributed by atoms with Crippen molar-refractivity contribution in [1.82, 2.24) is 25.8 Å². The lowest BCUT2D eigenvalue weighted by molar-refractivity contribution is -0.131. The van der Waals surface area contributed by atoms with Crippen LogP contribution in [0, 0.1) is 0 Å². The van der Waals surface area contributed by atoms with Gasteiger partial charge in [-0.2, -0.15) is 0 Å². The van der Waals surface area contributed by atoms with Crippen LogP contribution in [0.3, 0.4) is 0 Å². The zero-order valence-corrected chi connectivity index (χ0v) is 23.3. The number of carbonyl (C=O) groups is 6. The Morgan fingerprint density at radius 3 is 2.10 bits per heavy atom. The predicted octanol–water partition coefficient (Wildman–Crippen LogP) is 0.570. The van der Waals surface area contributed by atoms with Crippen molar-refractivity contribution in [2.45, 2.75) is 44.9 Å². The molecule has 0 bridgehead atoms. The number of amides is 6. The second kappa shape index (κ2) is 15.0. The van der Waals surface area contributed by atoms with E-state index in [1.165, 1.54) is 25.9 Å². The first kappa shape index (κ1) is 32.3. The molecule has 0 saturated heterocycles. The molecule has 0 aliphatic rings. The van der Waals surface area contributed by atoms with Gasteiger partial charge in [0.25, 0.3) is 5.91 Å². The van der Waals surface area contributed by atoms with Crippen molar-refractivity contribution in [3.63, 3.8) is 0 Å². The molecule has 0 aliphatic heterocycles. The second-order valence-electron chi connectivity index (χ2n) is 8.91. The molecule has 222 valence electrons. The van der Waals surface area contributed by atoms with Crippen LogP contribution >= 0.6 is 11.3 Å². The third-order valence-corrected chi connectivity index (χ3v) is 6.37. The fourth-order valence-corrected chi connectivity index (χ4v) is 4.50. The Labute approximate surface area is 238 Å². The lowest BCUT2D eigenvalue weighted by atomic mass is 10.1. The summed E-state index contributed by atoms with van der Waals surface area (Å²) in [5.41, 5.74) is 6.83. The largest absolute Gasteiger partial charge is 0.465 e. The van der Waals surface area contributed by atoms with Crippen LogP contribution in [0.5, 0.6) is 0 Å². The van der Waals surface area contributed by atoms with E-state index in [2.05, 4.69) is 20.9 Å². The molecule has 0 aliphatic carbocycles. The van der Waals surface area contributed by atoms with Crippen LogP contribution in [0.4, 0.5) is 20.4 Å². The van der Waals surface area contributed by atoms with Gasteiger partial charge < -0.3 is 36.8 Å². The normalized spacial score (nSPS) is 11.2. The summed E-state index contributed by atoms with van der Waals surface area (Å²) in [6.07, 6.45) is -3.55. The van der Waals surface area contributed by atoms with E-state index in [0.717, 1.165) is 16.9 Å². The Kier molecular flexibility index (Phi) is 11.8. The number of thiazole rings is 1. The molecule has 0 spiro atoms. The van der Waals surface area contributed by atoms with Gasteiger partial charge in [0, 0.05) is 33.1 Å². The quantitative estimate of drug-likeness (QED) is 0.142. The molecular formula is C24H32N8O8S. The third-order valence-electron chi connectivity index (χ3n) is 5.36. The first-order valence-corrected chi connectivity index (χ1v) is 13.0. The minimum absolute atomic E-state index is 0.00991. The van der Waals surface area contributed by atoms with Crippen LogP contribution in [-0.4, -0.2) is 82.3 Å². The standard InChI is InChI=1S/C24H32N8O8S/c1-12(33)26-22-29-15(18(41-22)19(35)28-16(10-11-17(25)34)20(36)32(2)3)9-6-13-4-7-14(8-5-13)27-21(30-23(37)38)31-24(39)40/h4-5,7-8,16,21,27,30-31H,6,9-11H2,1-3H3,(H2,25,34)(H,28,35)(H,37,38)(H,39,40)(H,26,29,33)/t16-/m0/s1. The summed E-state index contributed by atoms with van der Waals surface area (Å²) in [4.78, 5) is 76.3. The van der Waals surface area contributed by atoms with Crippen molar-refractivity contribution in [3.05, 3.63) is 40.4 Å². The van der Waals surface area contributed by atoms with E-state index in [-0.39, 0.29) is 35.2 Å². The van der Waals surface area contributed by atoms with E-state index in [1.807, 2.05) is 10.6 Å². The van der Waals surface area contributed by atoms with Crippen molar-refractivity contribution >= 4 is 58.0 Å². The Bertz CT molecular complexity index is 1260. The number of likely N-dealkylation sites (N-methyl/N-ethyl adjacent to an activating group) is 1. The number of primary amides is 1. The highest BCUT2D eigenvalue weighted by Gasteiger charge is 2.26. The van der Waals surface area contributed by atoms with Crippen LogP contribution in [0.15, 0.2) is 24.3 Å². The van der Waals surface area contributed by atoms with Gasteiger partial charge in [0.2, 0.25) is 17.7 Å². The lowest BCUT2D eigenvalue weighted by Gasteiger charge is -2.21. The van der Waals surface area contributed by atoms with Gasteiger partial charge in [-0.1, -0.05) is 23.5 Å². The highest BCUT2D eigenvalue weighted by atomic mass is 32.1. The number of nitrogens with one attached hydrogen (secondary N) is 5. The van der Waals surface area contributed by atoms with Gasteiger partial charge in [0.15, 0.2) is 11.4 Å². The second-order valence-corrected chi connectivity index (χ2v) is 9.91. The highest BCUT2D eigenvalue weighted by Crippen LogP contribution is 2.25. The molecule has 1 aromatic carbocycles. The van der Waals surface area contributed by atoms with Crippen LogP contribution < -0.4 is 32.3 Å².